The van der Waals surface area contributed by atoms with Crippen LogP contribution < -0.4 is 16.0 Å². The highest BCUT2D eigenvalue weighted by Crippen LogP contribution is 2.31. The van der Waals surface area contributed by atoms with Crippen molar-refractivity contribution in [2.75, 3.05) is 11.9 Å². The molecular weight excluding hydrogens is 324 g/mol. The molecule has 0 radical (unpaired) electrons. The smallest absolute Gasteiger partial charge is 0.320 e. The number of urea groups is 1. The van der Waals surface area contributed by atoms with Crippen LogP contribution in [0.15, 0.2) is 30.3 Å². The van der Waals surface area contributed by atoms with Crippen molar-refractivity contribution in [3.63, 3.8) is 0 Å². The lowest BCUT2D eigenvalue weighted by Gasteiger charge is -2.28. The van der Waals surface area contributed by atoms with E-state index in [9.17, 15) is 9.59 Å². The molecule has 0 spiro atoms. The maximum absolute atomic E-state index is 12.2. The third-order valence-electron chi connectivity index (χ3n) is 4.08. The molecule has 2 atom stereocenters. The number of rotatable bonds is 3. The molecule has 1 saturated heterocycles. The maximum atomic E-state index is 12.2. The van der Waals surface area contributed by atoms with E-state index in [0.717, 1.165) is 22.7 Å². The first-order chi connectivity index (χ1) is 11.5. The largest absolute Gasteiger partial charge is 0.354 e. The third-order valence-corrected chi connectivity index (χ3v) is 5.20. The summed E-state index contributed by atoms with van der Waals surface area (Å²) in [6.07, 6.45) is 0.856. The molecule has 24 heavy (non-hydrogen) atoms. The predicted octanol–water partition coefficient (Wildman–Crippen LogP) is 2.76. The van der Waals surface area contributed by atoms with Crippen LogP contribution in [0.3, 0.4) is 0 Å². The van der Waals surface area contributed by atoms with Gasteiger partial charge >= 0.3 is 6.03 Å². The minimum absolute atomic E-state index is 0.118. The van der Waals surface area contributed by atoms with Crippen molar-refractivity contribution < 1.29 is 9.59 Å². The average Bonchev–Trinajstić information content (AvgIpc) is 2.93. The zero-order chi connectivity index (χ0) is 17.1. The molecule has 1 fully saturated rings. The van der Waals surface area contributed by atoms with E-state index in [1.54, 1.807) is 0 Å². The van der Waals surface area contributed by atoms with Crippen LogP contribution in [-0.2, 0) is 4.79 Å². The van der Waals surface area contributed by atoms with Crippen LogP contribution in [0.25, 0.3) is 10.6 Å². The number of nitrogens with one attached hydrogen (secondary N) is 3. The fourth-order valence-corrected chi connectivity index (χ4v) is 3.63. The summed E-state index contributed by atoms with van der Waals surface area (Å²) in [5.74, 6) is -0.0122. The highest BCUT2D eigenvalue weighted by molar-refractivity contribution is 7.19. The number of hydrogen-bond acceptors (Lipinski definition) is 4. The Balaban J connectivity index is 1.68. The molecule has 126 valence electrons. The molecule has 3 N–H and O–H groups in total. The van der Waals surface area contributed by atoms with E-state index in [1.807, 2.05) is 44.2 Å². The molecule has 3 rings (SSSR count). The number of nitrogens with zero attached hydrogens (tertiary/aromatic N) is 1. The van der Waals surface area contributed by atoms with E-state index < -0.39 is 6.04 Å². The van der Waals surface area contributed by atoms with Crippen LogP contribution in [0.4, 0.5) is 9.80 Å². The first-order valence-electron chi connectivity index (χ1n) is 7.92. The number of benzene rings is 1. The summed E-state index contributed by atoms with van der Waals surface area (Å²) in [5.41, 5.74) is 1.77. The minimum atomic E-state index is -0.499. The van der Waals surface area contributed by atoms with E-state index in [4.69, 9.17) is 0 Å². The number of piperidine rings is 1. The molecule has 1 aromatic carbocycles. The Hall–Kier alpha value is -2.41. The highest BCUT2D eigenvalue weighted by atomic mass is 32.1. The van der Waals surface area contributed by atoms with Crippen molar-refractivity contribution in [3.8, 4) is 10.6 Å². The van der Waals surface area contributed by atoms with Gasteiger partial charge < -0.3 is 10.6 Å². The van der Waals surface area contributed by atoms with Crippen LogP contribution >= 0.6 is 11.3 Å². The van der Waals surface area contributed by atoms with Gasteiger partial charge in [0.25, 0.3) is 0 Å². The Labute approximate surface area is 144 Å². The molecular formula is C17H20N4O2S. The zero-order valence-electron chi connectivity index (χ0n) is 13.6. The Kier molecular flexibility index (Phi) is 4.80. The number of hydrogen-bond donors (Lipinski definition) is 3. The van der Waals surface area contributed by atoms with E-state index in [1.165, 1.54) is 11.3 Å². The molecule has 0 unspecified atom stereocenters. The number of thiazole rings is 1. The van der Waals surface area contributed by atoms with Crippen molar-refractivity contribution in [2.45, 2.75) is 26.3 Å². The fraction of sp³-hybridized carbons (Fsp3) is 0.353. The highest BCUT2D eigenvalue weighted by Gasteiger charge is 2.30. The quantitative estimate of drug-likeness (QED) is 0.800. The Morgan fingerprint density at radius 1 is 1.33 bits per heavy atom. The third kappa shape index (κ3) is 3.56. The summed E-state index contributed by atoms with van der Waals surface area (Å²) in [6, 6.07) is 8.94. The monoisotopic (exact) mass is 344 g/mol. The van der Waals surface area contributed by atoms with Gasteiger partial charge in [-0.15, -0.1) is 0 Å². The standard InChI is InChI=1S/C17H20N4O2S/c1-10-8-9-18-14(22)13(10)20-17(23)21-15-11(2)19-16(24-15)12-6-4-3-5-7-12/h3-7,10,13H,8-9H2,1-2H3,(H,18,22)(H2,20,21,23)/t10-,13+/m1/s1. The van der Waals surface area contributed by atoms with Crippen LogP contribution in [-0.4, -0.2) is 29.5 Å². The lowest BCUT2D eigenvalue weighted by atomic mass is 9.94. The second kappa shape index (κ2) is 7.00. The predicted molar refractivity (Wildman–Crippen MR) is 95.0 cm³/mol. The van der Waals surface area contributed by atoms with Crippen molar-refractivity contribution in [1.29, 1.82) is 0 Å². The van der Waals surface area contributed by atoms with E-state index in [0.29, 0.717) is 11.5 Å². The van der Waals surface area contributed by atoms with Gasteiger partial charge in [-0.05, 0) is 19.3 Å². The minimum Gasteiger partial charge on any atom is -0.354 e. The molecule has 0 bridgehead atoms. The van der Waals surface area contributed by atoms with Crippen molar-refractivity contribution >= 4 is 28.3 Å². The molecule has 1 aliphatic rings. The number of amides is 3. The molecule has 2 aromatic rings. The summed E-state index contributed by atoms with van der Waals surface area (Å²) >= 11 is 1.42. The van der Waals surface area contributed by atoms with Gasteiger partial charge in [0.15, 0.2) is 0 Å². The summed E-state index contributed by atoms with van der Waals surface area (Å²) in [5, 5.41) is 9.90. The van der Waals surface area contributed by atoms with E-state index >= 15 is 0 Å². The normalized spacial score (nSPS) is 20.3. The topological polar surface area (TPSA) is 83.1 Å². The van der Waals surface area contributed by atoms with Crippen LogP contribution in [0.2, 0.25) is 0 Å². The van der Waals surface area contributed by atoms with Gasteiger partial charge in [0, 0.05) is 12.1 Å². The average molecular weight is 344 g/mol. The fourth-order valence-electron chi connectivity index (χ4n) is 2.66. The van der Waals surface area contributed by atoms with Gasteiger partial charge in [-0.3, -0.25) is 10.1 Å². The number of anilines is 1. The van der Waals surface area contributed by atoms with Crippen molar-refractivity contribution in [2.24, 2.45) is 5.92 Å². The van der Waals surface area contributed by atoms with Crippen LogP contribution in [0.5, 0.6) is 0 Å². The molecule has 1 aromatic heterocycles. The Morgan fingerprint density at radius 3 is 2.79 bits per heavy atom. The van der Waals surface area contributed by atoms with Gasteiger partial charge in [0.05, 0.1) is 5.69 Å². The molecule has 0 saturated carbocycles. The zero-order valence-corrected chi connectivity index (χ0v) is 14.4. The van der Waals surface area contributed by atoms with Crippen LogP contribution in [0, 0.1) is 12.8 Å². The molecule has 2 heterocycles. The summed E-state index contributed by atoms with van der Waals surface area (Å²) in [4.78, 5) is 28.6. The Bertz CT molecular complexity index is 744. The van der Waals surface area contributed by atoms with Crippen LogP contribution in [0.1, 0.15) is 19.0 Å². The number of carbonyl (C=O) groups excluding carboxylic acids is 2. The molecule has 3 amide bonds. The number of aromatic nitrogens is 1. The summed E-state index contributed by atoms with van der Waals surface area (Å²) < 4.78 is 0. The van der Waals surface area contributed by atoms with E-state index in [2.05, 4.69) is 20.9 Å². The van der Waals surface area contributed by atoms with E-state index in [-0.39, 0.29) is 17.9 Å². The lowest BCUT2D eigenvalue weighted by Crippen LogP contribution is -2.55. The van der Waals surface area contributed by atoms with Gasteiger partial charge in [0.2, 0.25) is 5.91 Å². The van der Waals surface area contributed by atoms with Gasteiger partial charge in [-0.25, -0.2) is 9.78 Å². The van der Waals surface area contributed by atoms with Gasteiger partial charge in [-0.2, -0.15) is 0 Å². The summed E-state index contributed by atoms with van der Waals surface area (Å²) in [7, 11) is 0. The van der Waals surface area contributed by atoms with Gasteiger partial charge in [0.1, 0.15) is 16.1 Å². The van der Waals surface area contributed by atoms with Crippen molar-refractivity contribution in [3.05, 3.63) is 36.0 Å². The number of carbonyl (C=O) groups is 2. The second-order valence-electron chi connectivity index (χ2n) is 5.93. The first-order valence-corrected chi connectivity index (χ1v) is 8.74. The maximum Gasteiger partial charge on any atom is 0.320 e. The Morgan fingerprint density at radius 2 is 2.08 bits per heavy atom. The second-order valence-corrected chi connectivity index (χ2v) is 6.93. The SMILES string of the molecule is Cc1nc(-c2ccccc2)sc1NC(=O)N[C@@H]1C(=O)NCC[C@H]1C. The molecule has 7 heteroatoms. The molecule has 0 aliphatic carbocycles. The van der Waals surface area contributed by atoms with Crippen molar-refractivity contribution in [1.82, 2.24) is 15.6 Å². The van der Waals surface area contributed by atoms with Gasteiger partial charge in [-0.1, -0.05) is 48.6 Å². The molecule has 6 nitrogen and oxygen atoms in total. The summed E-state index contributed by atoms with van der Waals surface area (Å²) in [6.45, 7) is 4.48. The first kappa shape index (κ1) is 16.4. The number of aryl methyl sites for hydroxylation is 1. The lowest BCUT2D eigenvalue weighted by molar-refractivity contribution is -0.125. The molecule has 1 aliphatic heterocycles.